The third kappa shape index (κ3) is 3.89. The molecule has 1 rings (SSSR count). The fourth-order valence-corrected chi connectivity index (χ4v) is 1.96. The monoisotopic (exact) mass is 239 g/mol. The molecule has 96 valence electrons. The Hall–Kier alpha value is -1.29. The molecule has 0 aliphatic heterocycles. The normalized spacial score (nSPS) is 11.1. The smallest absolute Gasteiger partial charge is 0.372 e. The Morgan fingerprint density at radius 1 is 1.35 bits per heavy atom. The number of aromatic carboxylic acids is 1. The number of furan rings is 1. The van der Waals surface area contributed by atoms with Crippen molar-refractivity contribution in [1.29, 1.82) is 0 Å². The van der Waals surface area contributed by atoms with E-state index >= 15 is 0 Å². The van der Waals surface area contributed by atoms with Crippen LogP contribution in [-0.2, 0) is 6.54 Å². The van der Waals surface area contributed by atoms with Gasteiger partial charge in [0.1, 0.15) is 5.76 Å². The minimum Gasteiger partial charge on any atom is -0.475 e. The Balaban J connectivity index is 2.72. The highest BCUT2D eigenvalue weighted by molar-refractivity contribution is 5.86. The van der Waals surface area contributed by atoms with E-state index in [4.69, 9.17) is 9.52 Å². The first-order chi connectivity index (χ1) is 8.08. The molecule has 0 atom stereocenters. The Labute approximate surface area is 102 Å². The number of carbonyl (C=O) groups is 1. The Morgan fingerprint density at radius 3 is 2.35 bits per heavy atom. The molecule has 1 aromatic heterocycles. The molecular weight excluding hydrogens is 218 g/mol. The van der Waals surface area contributed by atoms with E-state index in [-0.39, 0.29) is 5.76 Å². The zero-order chi connectivity index (χ0) is 12.8. The highest BCUT2D eigenvalue weighted by Crippen LogP contribution is 2.16. The van der Waals surface area contributed by atoms with Gasteiger partial charge in [-0.15, -0.1) is 0 Å². The third-order valence-electron chi connectivity index (χ3n) is 2.62. The van der Waals surface area contributed by atoms with Gasteiger partial charge >= 0.3 is 5.97 Å². The number of hydrogen-bond acceptors (Lipinski definition) is 3. The van der Waals surface area contributed by atoms with Crippen LogP contribution < -0.4 is 0 Å². The molecule has 0 aromatic carbocycles. The number of carboxylic acid groups (broad SMARTS) is 1. The average Bonchev–Trinajstić information content (AvgIpc) is 2.60. The van der Waals surface area contributed by atoms with Crippen LogP contribution >= 0.6 is 0 Å². The topological polar surface area (TPSA) is 53.7 Å². The van der Waals surface area contributed by atoms with Crippen LogP contribution in [0.1, 0.15) is 48.6 Å². The van der Waals surface area contributed by atoms with E-state index in [9.17, 15) is 4.79 Å². The molecule has 0 fully saturated rings. The minimum absolute atomic E-state index is 0.0629. The van der Waals surface area contributed by atoms with Gasteiger partial charge in [0.2, 0.25) is 5.76 Å². The fourth-order valence-electron chi connectivity index (χ4n) is 1.96. The van der Waals surface area contributed by atoms with E-state index in [1.165, 1.54) is 0 Å². The van der Waals surface area contributed by atoms with E-state index in [1.807, 2.05) is 6.07 Å². The van der Waals surface area contributed by atoms with E-state index in [0.717, 1.165) is 31.7 Å². The maximum Gasteiger partial charge on any atom is 0.372 e. The van der Waals surface area contributed by atoms with Gasteiger partial charge in [-0.3, -0.25) is 4.90 Å². The van der Waals surface area contributed by atoms with Gasteiger partial charge in [-0.25, -0.2) is 4.79 Å². The van der Waals surface area contributed by atoms with Gasteiger partial charge in [0, 0.05) is 5.56 Å². The van der Waals surface area contributed by atoms with Gasteiger partial charge in [0.05, 0.1) is 6.54 Å². The van der Waals surface area contributed by atoms with Crippen LogP contribution in [0, 0.1) is 6.92 Å². The van der Waals surface area contributed by atoms with Crippen molar-refractivity contribution in [2.75, 3.05) is 13.1 Å². The second kappa shape index (κ2) is 6.45. The van der Waals surface area contributed by atoms with Crippen molar-refractivity contribution in [3.8, 4) is 0 Å². The maximum atomic E-state index is 10.9. The standard InChI is InChI=1S/C13H21NO3/c1-4-6-14(7-5-2)9-11-8-10(3)12(17-11)13(15)16/h8H,4-7,9H2,1-3H3,(H,15,16). The van der Waals surface area contributed by atoms with Crippen molar-refractivity contribution in [3.05, 3.63) is 23.2 Å². The Morgan fingerprint density at radius 2 is 1.94 bits per heavy atom. The first-order valence-corrected chi connectivity index (χ1v) is 6.13. The predicted octanol–water partition coefficient (Wildman–Crippen LogP) is 2.91. The van der Waals surface area contributed by atoms with E-state index < -0.39 is 5.97 Å². The van der Waals surface area contributed by atoms with Gasteiger partial charge < -0.3 is 9.52 Å². The molecule has 0 saturated heterocycles. The molecule has 0 saturated carbocycles. The lowest BCUT2D eigenvalue weighted by atomic mass is 10.2. The van der Waals surface area contributed by atoms with Crippen molar-refractivity contribution in [1.82, 2.24) is 4.90 Å². The maximum absolute atomic E-state index is 10.9. The summed E-state index contributed by atoms with van der Waals surface area (Å²) in [6, 6.07) is 1.82. The average molecular weight is 239 g/mol. The second-order valence-corrected chi connectivity index (χ2v) is 4.31. The van der Waals surface area contributed by atoms with Gasteiger partial charge in [0.25, 0.3) is 0 Å². The third-order valence-corrected chi connectivity index (χ3v) is 2.62. The van der Waals surface area contributed by atoms with E-state index in [2.05, 4.69) is 18.7 Å². The van der Waals surface area contributed by atoms with Crippen LogP contribution in [0.25, 0.3) is 0 Å². The molecule has 1 aromatic rings. The zero-order valence-electron chi connectivity index (χ0n) is 10.8. The molecule has 0 aliphatic carbocycles. The van der Waals surface area contributed by atoms with Crippen molar-refractivity contribution in [2.24, 2.45) is 0 Å². The molecule has 0 radical (unpaired) electrons. The Kier molecular flexibility index (Phi) is 5.22. The lowest BCUT2D eigenvalue weighted by molar-refractivity contribution is 0.0657. The fraction of sp³-hybridized carbons (Fsp3) is 0.615. The van der Waals surface area contributed by atoms with Gasteiger partial charge in [-0.05, 0) is 38.9 Å². The van der Waals surface area contributed by atoms with Crippen LogP contribution in [0.3, 0.4) is 0 Å². The molecule has 1 heterocycles. The number of carboxylic acids is 1. The molecule has 17 heavy (non-hydrogen) atoms. The van der Waals surface area contributed by atoms with Crippen LogP contribution in [0.2, 0.25) is 0 Å². The van der Waals surface area contributed by atoms with Crippen LogP contribution in [0.4, 0.5) is 0 Å². The summed E-state index contributed by atoms with van der Waals surface area (Å²) in [7, 11) is 0. The van der Waals surface area contributed by atoms with Crippen LogP contribution in [-0.4, -0.2) is 29.1 Å². The minimum atomic E-state index is -0.994. The molecule has 0 unspecified atom stereocenters. The summed E-state index contributed by atoms with van der Waals surface area (Å²) in [5.74, 6) is -0.193. The van der Waals surface area contributed by atoms with E-state index in [1.54, 1.807) is 6.92 Å². The Bertz CT molecular complexity index is 365. The summed E-state index contributed by atoms with van der Waals surface area (Å²) in [6.07, 6.45) is 2.18. The first-order valence-electron chi connectivity index (χ1n) is 6.13. The zero-order valence-corrected chi connectivity index (χ0v) is 10.8. The van der Waals surface area contributed by atoms with Crippen molar-refractivity contribution in [3.63, 3.8) is 0 Å². The molecule has 0 amide bonds. The molecule has 4 heteroatoms. The summed E-state index contributed by atoms with van der Waals surface area (Å²) < 4.78 is 5.36. The lowest BCUT2D eigenvalue weighted by Gasteiger charge is -2.19. The first kappa shape index (κ1) is 13.8. The van der Waals surface area contributed by atoms with Crippen LogP contribution in [0.15, 0.2) is 10.5 Å². The molecule has 4 nitrogen and oxygen atoms in total. The van der Waals surface area contributed by atoms with Crippen molar-refractivity contribution in [2.45, 2.75) is 40.2 Å². The van der Waals surface area contributed by atoms with Gasteiger partial charge in [-0.1, -0.05) is 13.8 Å². The van der Waals surface area contributed by atoms with Crippen LogP contribution in [0.5, 0.6) is 0 Å². The van der Waals surface area contributed by atoms with Gasteiger partial charge in [-0.2, -0.15) is 0 Å². The predicted molar refractivity (Wildman–Crippen MR) is 66.3 cm³/mol. The number of rotatable bonds is 7. The molecule has 0 spiro atoms. The number of aryl methyl sites for hydroxylation is 1. The van der Waals surface area contributed by atoms with Gasteiger partial charge in [0.15, 0.2) is 0 Å². The summed E-state index contributed by atoms with van der Waals surface area (Å²) in [6.45, 7) is 8.75. The number of hydrogen-bond donors (Lipinski definition) is 1. The summed E-state index contributed by atoms with van der Waals surface area (Å²) in [5, 5.41) is 8.91. The van der Waals surface area contributed by atoms with Crippen molar-refractivity contribution >= 4 is 5.97 Å². The molecular formula is C13H21NO3. The molecule has 0 bridgehead atoms. The highest BCUT2D eigenvalue weighted by atomic mass is 16.4. The SMILES string of the molecule is CCCN(CCC)Cc1cc(C)c(C(=O)O)o1. The number of nitrogens with zero attached hydrogens (tertiary/aromatic N) is 1. The second-order valence-electron chi connectivity index (χ2n) is 4.31. The highest BCUT2D eigenvalue weighted by Gasteiger charge is 2.15. The molecule has 0 aliphatic rings. The quantitative estimate of drug-likeness (QED) is 0.795. The summed E-state index contributed by atoms with van der Waals surface area (Å²) >= 11 is 0. The molecule has 1 N–H and O–H groups in total. The summed E-state index contributed by atoms with van der Waals surface area (Å²) in [5.41, 5.74) is 0.695. The lowest BCUT2D eigenvalue weighted by Crippen LogP contribution is -2.24. The van der Waals surface area contributed by atoms with E-state index in [0.29, 0.717) is 12.1 Å². The largest absolute Gasteiger partial charge is 0.475 e. The summed E-state index contributed by atoms with van der Waals surface area (Å²) in [4.78, 5) is 13.1. The van der Waals surface area contributed by atoms with Crippen molar-refractivity contribution < 1.29 is 14.3 Å².